The molecule has 44 heavy (non-hydrogen) atoms. The summed E-state index contributed by atoms with van der Waals surface area (Å²) in [5.74, 6) is 1.03. The van der Waals surface area contributed by atoms with Gasteiger partial charge in [0.05, 0.1) is 39.9 Å². The van der Waals surface area contributed by atoms with E-state index in [1.165, 1.54) is 7.11 Å². The molecule has 0 aliphatic heterocycles. The highest BCUT2D eigenvalue weighted by Gasteiger charge is 2.45. The minimum atomic E-state index is -1.58. The fraction of sp³-hybridized carbons (Fsp3) is 0.424. The molecule has 4 aromatic rings. The van der Waals surface area contributed by atoms with E-state index in [2.05, 4.69) is 25.9 Å². The fourth-order valence-corrected chi connectivity index (χ4v) is 6.00. The highest BCUT2D eigenvalue weighted by Crippen LogP contribution is 2.51. The van der Waals surface area contributed by atoms with Crippen molar-refractivity contribution < 1.29 is 28.8 Å². The second-order valence-electron chi connectivity index (χ2n) is 11.2. The van der Waals surface area contributed by atoms with Gasteiger partial charge in [0.25, 0.3) is 5.88 Å². The first-order valence-corrected chi connectivity index (χ1v) is 15.3. The molecule has 1 aliphatic rings. The Balaban J connectivity index is 1.83. The Labute approximate surface area is 266 Å². The molecule has 0 radical (unpaired) electrons. The number of hydrogen-bond donors (Lipinski definition) is 1. The van der Waals surface area contributed by atoms with Gasteiger partial charge in [0.1, 0.15) is 11.7 Å². The summed E-state index contributed by atoms with van der Waals surface area (Å²) in [5, 5.41) is 14.2. The van der Waals surface area contributed by atoms with Crippen LogP contribution in [0.15, 0.2) is 53.1 Å². The van der Waals surface area contributed by atoms with E-state index in [0.717, 1.165) is 34.6 Å². The first kappa shape index (κ1) is 31.7. The Morgan fingerprint density at radius 3 is 2.30 bits per heavy atom. The lowest BCUT2D eigenvalue weighted by Gasteiger charge is -2.39. The van der Waals surface area contributed by atoms with Crippen molar-refractivity contribution in [3.63, 3.8) is 0 Å². The number of hydrogen-bond acceptors (Lipinski definition) is 10. The lowest BCUT2D eigenvalue weighted by atomic mass is 9.71. The molecule has 1 saturated carbocycles. The predicted octanol–water partition coefficient (Wildman–Crippen LogP) is 5.72. The molecule has 2 atom stereocenters. The quantitative estimate of drug-likeness (QED) is 0.190. The number of aromatic nitrogens is 3. The van der Waals surface area contributed by atoms with Crippen LogP contribution in [0.4, 0.5) is 0 Å². The molecule has 1 fully saturated rings. The van der Waals surface area contributed by atoms with Crippen molar-refractivity contribution in [2.45, 2.75) is 43.3 Å². The van der Waals surface area contributed by atoms with E-state index in [9.17, 15) is 5.11 Å². The van der Waals surface area contributed by atoms with Gasteiger partial charge in [-0.1, -0.05) is 15.9 Å². The first-order valence-electron chi connectivity index (χ1n) is 14.5. The summed E-state index contributed by atoms with van der Waals surface area (Å²) < 4.78 is 30.2. The number of aliphatic hydroxyl groups is 1. The van der Waals surface area contributed by atoms with Crippen LogP contribution in [-0.4, -0.2) is 80.1 Å². The largest absolute Gasteiger partial charge is 0.491 e. The lowest BCUT2D eigenvalue weighted by molar-refractivity contribution is 0.00227. The van der Waals surface area contributed by atoms with Crippen LogP contribution in [0.1, 0.15) is 48.3 Å². The Morgan fingerprint density at radius 2 is 1.66 bits per heavy atom. The van der Waals surface area contributed by atoms with Gasteiger partial charge in [-0.3, -0.25) is 0 Å². The Bertz CT molecular complexity index is 1620. The average molecular weight is 668 g/mol. The van der Waals surface area contributed by atoms with Gasteiger partial charge in [-0.2, -0.15) is 4.98 Å². The maximum absolute atomic E-state index is 13.3. The maximum Gasteiger partial charge on any atom is 0.257 e. The predicted molar refractivity (Wildman–Crippen MR) is 171 cm³/mol. The molecule has 11 heteroatoms. The van der Waals surface area contributed by atoms with Crippen LogP contribution >= 0.6 is 15.9 Å². The molecule has 0 bridgehead atoms. The zero-order chi connectivity index (χ0) is 31.4. The van der Waals surface area contributed by atoms with Crippen LogP contribution in [0.25, 0.3) is 10.9 Å². The summed E-state index contributed by atoms with van der Waals surface area (Å²) in [5.41, 5.74) is 1.05. The van der Waals surface area contributed by atoms with Crippen molar-refractivity contribution in [2.75, 3.05) is 49.1 Å². The molecule has 1 aromatic carbocycles. The molecule has 234 valence electrons. The second kappa shape index (κ2) is 13.5. The highest BCUT2D eigenvalue weighted by atomic mass is 79.9. The minimum absolute atomic E-state index is 0.0842. The molecule has 1 aliphatic carbocycles. The van der Waals surface area contributed by atoms with Gasteiger partial charge in [0, 0.05) is 45.9 Å². The molecule has 0 spiro atoms. The minimum Gasteiger partial charge on any atom is -0.491 e. The Morgan fingerprint density at radius 1 is 0.909 bits per heavy atom. The topological polar surface area (TPSA) is 108 Å². The lowest BCUT2D eigenvalue weighted by Crippen LogP contribution is -2.38. The van der Waals surface area contributed by atoms with Gasteiger partial charge < -0.3 is 33.7 Å². The Hall–Kier alpha value is -3.67. The molecule has 3 aromatic heterocycles. The second-order valence-corrected chi connectivity index (χ2v) is 12.1. The van der Waals surface area contributed by atoms with E-state index < -0.39 is 11.5 Å². The maximum atomic E-state index is 13.3. The van der Waals surface area contributed by atoms with Crippen molar-refractivity contribution in [3.8, 4) is 29.3 Å². The van der Waals surface area contributed by atoms with Gasteiger partial charge in [-0.15, -0.1) is 0 Å². The summed E-state index contributed by atoms with van der Waals surface area (Å²) in [4.78, 5) is 15.9. The summed E-state index contributed by atoms with van der Waals surface area (Å²) in [7, 11) is 10.2. The van der Waals surface area contributed by atoms with Crippen LogP contribution in [-0.2, 0) is 5.60 Å². The molecule has 10 nitrogen and oxygen atoms in total. The van der Waals surface area contributed by atoms with Crippen LogP contribution in [0.2, 0.25) is 0 Å². The zero-order valence-electron chi connectivity index (χ0n) is 26.0. The number of fused-ring (bicyclic) bond motifs is 1. The van der Waals surface area contributed by atoms with Gasteiger partial charge in [-0.25, -0.2) is 9.97 Å². The highest BCUT2D eigenvalue weighted by molar-refractivity contribution is 9.10. The Kier molecular flexibility index (Phi) is 9.77. The van der Waals surface area contributed by atoms with Gasteiger partial charge in [0.15, 0.2) is 5.75 Å². The molecule has 1 N–H and O–H groups in total. The van der Waals surface area contributed by atoms with Crippen molar-refractivity contribution in [2.24, 2.45) is 0 Å². The van der Waals surface area contributed by atoms with E-state index in [1.54, 1.807) is 33.6 Å². The normalized spacial score (nSPS) is 15.4. The smallest absolute Gasteiger partial charge is 0.257 e. The van der Waals surface area contributed by atoms with Gasteiger partial charge in [-0.05, 0) is 75.7 Å². The number of methoxy groups -OCH3 is 4. The van der Waals surface area contributed by atoms with Crippen LogP contribution < -0.4 is 23.7 Å². The van der Waals surface area contributed by atoms with E-state index in [4.69, 9.17) is 28.7 Å². The standard InChI is InChI=1S/C33H39BrN4O6/c1-38(2)15-13-33(39,21-18-27(40-3)37-28(19-21)44-23-8-7-9-23)29(24-12-14-35-32(43-6)30(24)41-4)25-17-20-16-22(34)10-11-26(20)36-31(25)42-5/h10-12,14,16-19,23,29,39H,7-9,13,15H2,1-6H3/t29-,33-/m1/s1. The zero-order valence-corrected chi connectivity index (χ0v) is 27.6. The van der Waals surface area contributed by atoms with Gasteiger partial charge in [0.2, 0.25) is 17.6 Å². The number of rotatable bonds is 13. The summed E-state index contributed by atoms with van der Waals surface area (Å²) in [6.45, 7) is 0.551. The van der Waals surface area contributed by atoms with E-state index in [1.807, 2.05) is 55.4 Å². The van der Waals surface area contributed by atoms with Crippen molar-refractivity contribution in [1.29, 1.82) is 0 Å². The molecule has 0 unspecified atom stereocenters. The van der Waals surface area contributed by atoms with Crippen molar-refractivity contribution in [3.05, 3.63) is 69.8 Å². The van der Waals surface area contributed by atoms with E-state index in [0.29, 0.717) is 58.9 Å². The van der Waals surface area contributed by atoms with Crippen molar-refractivity contribution >= 4 is 26.8 Å². The monoisotopic (exact) mass is 666 g/mol. The number of halogens is 1. The number of nitrogens with zero attached hydrogens (tertiary/aromatic N) is 4. The molecule has 5 rings (SSSR count). The third-order valence-electron chi connectivity index (χ3n) is 8.13. The van der Waals surface area contributed by atoms with Crippen LogP contribution in [0.5, 0.6) is 29.3 Å². The number of benzene rings is 1. The third-order valence-corrected chi connectivity index (χ3v) is 8.62. The first-order chi connectivity index (χ1) is 21.2. The SMILES string of the molecule is COc1cc([C@](O)(CCN(C)C)[C@@H](c2cc3cc(Br)ccc3nc2OC)c2ccnc(OC)c2OC)cc(OC2CCC2)n1. The van der Waals surface area contributed by atoms with E-state index >= 15 is 0 Å². The van der Waals surface area contributed by atoms with Crippen LogP contribution in [0, 0.1) is 0 Å². The fourth-order valence-electron chi connectivity index (χ4n) is 5.62. The molecular weight excluding hydrogens is 628 g/mol. The summed E-state index contributed by atoms with van der Waals surface area (Å²) in [6, 6.07) is 13.3. The molecular formula is C33H39BrN4O6. The van der Waals surface area contributed by atoms with E-state index in [-0.39, 0.29) is 6.10 Å². The van der Waals surface area contributed by atoms with Crippen molar-refractivity contribution in [1.82, 2.24) is 19.9 Å². The summed E-state index contributed by atoms with van der Waals surface area (Å²) in [6.07, 6.45) is 5.09. The number of ether oxygens (including phenoxy) is 5. The number of pyridine rings is 3. The van der Waals surface area contributed by atoms with Crippen LogP contribution in [0.3, 0.4) is 0 Å². The molecule has 0 saturated heterocycles. The van der Waals surface area contributed by atoms with Gasteiger partial charge >= 0.3 is 0 Å². The average Bonchev–Trinajstić information content (AvgIpc) is 3.01. The third kappa shape index (κ3) is 6.40. The molecule has 3 heterocycles. The summed E-state index contributed by atoms with van der Waals surface area (Å²) >= 11 is 3.59. The molecule has 0 amide bonds.